The molecule has 0 unspecified atom stereocenters. The van der Waals surface area contributed by atoms with Crippen LogP contribution in [0.2, 0.25) is 0 Å². The van der Waals surface area contributed by atoms with Crippen LogP contribution in [0.25, 0.3) is 0 Å². The van der Waals surface area contributed by atoms with Crippen molar-refractivity contribution in [2.45, 2.75) is 32.9 Å². The summed E-state index contributed by atoms with van der Waals surface area (Å²) in [5.74, 6) is 0.989. The summed E-state index contributed by atoms with van der Waals surface area (Å²) >= 11 is 0. The van der Waals surface area contributed by atoms with E-state index in [9.17, 15) is 13.7 Å². The lowest BCUT2D eigenvalue weighted by Gasteiger charge is -2.30. The van der Waals surface area contributed by atoms with E-state index in [1.165, 1.54) is 0 Å². The van der Waals surface area contributed by atoms with Gasteiger partial charge in [0.15, 0.2) is 9.84 Å². The minimum atomic E-state index is -2.89. The van der Waals surface area contributed by atoms with Gasteiger partial charge in [0.05, 0.1) is 23.1 Å². The quantitative estimate of drug-likeness (QED) is 0.837. The van der Waals surface area contributed by atoms with Gasteiger partial charge in [-0.1, -0.05) is 32.0 Å². The first-order valence-corrected chi connectivity index (χ1v) is 9.16. The van der Waals surface area contributed by atoms with Crippen LogP contribution in [0.4, 0.5) is 0 Å². The van der Waals surface area contributed by atoms with Gasteiger partial charge in [-0.05, 0) is 24.0 Å². The topological polar surface area (TPSA) is 61.2 Å². The minimum Gasteiger partial charge on any atom is -0.295 e. The van der Waals surface area contributed by atoms with Crippen molar-refractivity contribution >= 4 is 9.84 Å². The van der Waals surface area contributed by atoms with E-state index in [0.717, 1.165) is 12.1 Å². The lowest BCUT2D eigenvalue weighted by Crippen LogP contribution is -2.38. The summed E-state index contributed by atoms with van der Waals surface area (Å²) in [5, 5.41) is 9.20. The van der Waals surface area contributed by atoms with E-state index in [1.54, 1.807) is 0 Å². The fourth-order valence-electron chi connectivity index (χ4n) is 2.86. The van der Waals surface area contributed by atoms with E-state index in [4.69, 9.17) is 0 Å². The molecule has 21 heavy (non-hydrogen) atoms. The summed E-state index contributed by atoms with van der Waals surface area (Å²) in [6.45, 7) is 5.75. The molecule has 1 saturated heterocycles. The Morgan fingerprint density at radius 2 is 2.10 bits per heavy atom. The summed E-state index contributed by atoms with van der Waals surface area (Å²) in [7, 11) is -2.89. The van der Waals surface area contributed by atoms with Gasteiger partial charge in [-0.3, -0.25) is 4.90 Å². The summed E-state index contributed by atoms with van der Waals surface area (Å²) in [6, 6.07) is 9.84. The van der Waals surface area contributed by atoms with Gasteiger partial charge in [-0.15, -0.1) is 0 Å². The van der Waals surface area contributed by atoms with Crippen LogP contribution >= 0.6 is 0 Å². The lowest BCUT2D eigenvalue weighted by molar-refractivity contribution is 0.181. The Bertz CT molecular complexity index is 632. The zero-order valence-corrected chi connectivity index (χ0v) is 13.4. The first-order chi connectivity index (χ1) is 9.91. The van der Waals surface area contributed by atoms with Gasteiger partial charge in [0.2, 0.25) is 0 Å². The predicted octanol–water partition coefficient (Wildman–Crippen LogP) is 2.20. The molecule has 2 rings (SSSR count). The molecule has 0 bridgehead atoms. The SMILES string of the molecule is CC(C)CN(Cc1ccccc1C#N)[C@@H]1CCS(=O)(=O)C1. The molecule has 1 aromatic rings. The molecule has 0 radical (unpaired) electrons. The molecule has 0 N–H and O–H groups in total. The molecule has 5 heteroatoms. The molecule has 1 aliphatic heterocycles. The molecule has 1 fully saturated rings. The second-order valence-electron chi connectivity index (χ2n) is 6.15. The first kappa shape index (κ1) is 16.0. The molecule has 1 atom stereocenters. The molecule has 1 heterocycles. The predicted molar refractivity (Wildman–Crippen MR) is 83.5 cm³/mol. The molecule has 0 saturated carbocycles. The van der Waals surface area contributed by atoms with Crippen LogP contribution in [0.3, 0.4) is 0 Å². The zero-order valence-electron chi connectivity index (χ0n) is 12.6. The van der Waals surface area contributed by atoms with E-state index < -0.39 is 9.84 Å². The molecular formula is C16H22N2O2S. The van der Waals surface area contributed by atoms with Crippen LogP contribution < -0.4 is 0 Å². The van der Waals surface area contributed by atoms with Crippen LogP contribution in [-0.2, 0) is 16.4 Å². The maximum Gasteiger partial charge on any atom is 0.151 e. The van der Waals surface area contributed by atoms with Crippen molar-refractivity contribution in [2.75, 3.05) is 18.1 Å². The van der Waals surface area contributed by atoms with E-state index in [0.29, 0.717) is 24.4 Å². The van der Waals surface area contributed by atoms with Crippen LogP contribution in [0.15, 0.2) is 24.3 Å². The van der Waals surface area contributed by atoms with Gasteiger partial charge in [0.1, 0.15) is 0 Å². The van der Waals surface area contributed by atoms with E-state index in [2.05, 4.69) is 24.8 Å². The monoisotopic (exact) mass is 306 g/mol. The van der Waals surface area contributed by atoms with Crippen molar-refractivity contribution in [2.24, 2.45) is 5.92 Å². The number of nitriles is 1. The molecule has 1 aliphatic rings. The van der Waals surface area contributed by atoms with Gasteiger partial charge in [0, 0.05) is 19.1 Å². The average molecular weight is 306 g/mol. The number of rotatable bonds is 5. The fraction of sp³-hybridized carbons (Fsp3) is 0.562. The summed E-state index contributed by atoms with van der Waals surface area (Å²) < 4.78 is 23.5. The van der Waals surface area contributed by atoms with Gasteiger partial charge in [0.25, 0.3) is 0 Å². The molecule has 1 aromatic carbocycles. The third-order valence-electron chi connectivity index (χ3n) is 3.84. The van der Waals surface area contributed by atoms with Gasteiger partial charge >= 0.3 is 0 Å². The number of hydrogen-bond acceptors (Lipinski definition) is 4. The number of sulfone groups is 1. The Labute approximate surface area is 127 Å². The average Bonchev–Trinajstić information content (AvgIpc) is 2.78. The van der Waals surface area contributed by atoms with Crippen molar-refractivity contribution < 1.29 is 8.42 Å². The molecule has 0 amide bonds. The van der Waals surface area contributed by atoms with Crippen molar-refractivity contribution in [1.82, 2.24) is 4.90 Å². The van der Waals surface area contributed by atoms with Crippen LogP contribution in [0.5, 0.6) is 0 Å². The highest BCUT2D eigenvalue weighted by atomic mass is 32.2. The maximum absolute atomic E-state index is 11.7. The van der Waals surface area contributed by atoms with Crippen LogP contribution in [-0.4, -0.2) is 37.4 Å². The highest BCUT2D eigenvalue weighted by Crippen LogP contribution is 2.22. The second kappa shape index (κ2) is 6.59. The van der Waals surface area contributed by atoms with Gasteiger partial charge < -0.3 is 0 Å². The van der Waals surface area contributed by atoms with Crippen molar-refractivity contribution in [1.29, 1.82) is 5.26 Å². The number of hydrogen-bond donors (Lipinski definition) is 0. The Hall–Kier alpha value is -1.38. The van der Waals surface area contributed by atoms with Crippen molar-refractivity contribution in [3.63, 3.8) is 0 Å². The van der Waals surface area contributed by atoms with E-state index >= 15 is 0 Å². The number of benzene rings is 1. The summed E-state index contributed by atoms with van der Waals surface area (Å²) in [6.07, 6.45) is 0.698. The van der Waals surface area contributed by atoms with E-state index in [-0.39, 0.29) is 17.5 Å². The van der Waals surface area contributed by atoms with Crippen LogP contribution in [0, 0.1) is 17.2 Å². The molecule has 0 aromatic heterocycles. The molecule has 0 aliphatic carbocycles. The third kappa shape index (κ3) is 4.29. The highest BCUT2D eigenvalue weighted by Gasteiger charge is 2.32. The Morgan fingerprint density at radius 3 is 2.67 bits per heavy atom. The third-order valence-corrected chi connectivity index (χ3v) is 5.59. The first-order valence-electron chi connectivity index (χ1n) is 7.34. The summed E-state index contributed by atoms with van der Waals surface area (Å²) in [4.78, 5) is 2.23. The Morgan fingerprint density at radius 1 is 1.38 bits per heavy atom. The normalized spacial score (nSPS) is 20.8. The molecule has 114 valence electrons. The molecular weight excluding hydrogens is 284 g/mol. The Kier molecular flexibility index (Phi) is 5.02. The lowest BCUT2D eigenvalue weighted by atomic mass is 10.1. The highest BCUT2D eigenvalue weighted by molar-refractivity contribution is 7.91. The van der Waals surface area contributed by atoms with Crippen molar-refractivity contribution in [3.8, 4) is 6.07 Å². The summed E-state index contributed by atoms with van der Waals surface area (Å²) in [5.41, 5.74) is 1.65. The van der Waals surface area contributed by atoms with Gasteiger partial charge in [-0.25, -0.2) is 8.42 Å². The largest absolute Gasteiger partial charge is 0.295 e. The molecule has 0 spiro atoms. The minimum absolute atomic E-state index is 0.0733. The van der Waals surface area contributed by atoms with Crippen LogP contribution in [0.1, 0.15) is 31.4 Å². The van der Waals surface area contributed by atoms with Crippen molar-refractivity contribution in [3.05, 3.63) is 35.4 Å². The Balaban J connectivity index is 2.19. The smallest absolute Gasteiger partial charge is 0.151 e. The number of nitrogens with zero attached hydrogens (tertiary/aromatic N) is 2. The van der Waals surface area contributed by atoms with Gasteiger partial charge in [-0.2, -0.15) is 5.26 Å². The zero-order chi connectivity index (χ0) is 15.5. The fourth-order valence-corrected chi connectivity index (χ4v) is 4.62. The van der Waals surface area contributed by atoms with E-state index in [1.807, 2.05) is 24.3 Å². The standard InChI is InChI=1S/C16H22N2O2S/c1-13(2)10-18(16-7-8-21(19,20)12-16)11-15-6-4-3-5-14(15)9-17/h3-6,13,16H,7-8,10-12H2,1-2H3/t16-/m1/s1. The maximum atomic E-state index is 11.7. The second-order valence-corrected chi connectivity index (χ2v) is 8.38. The molecule has 4 nitrogen and oxygen atoms in total.